The van der Waals surface area contributed by atoms with Gasteiger partial charge in [0.15, 0.2) is 0 Å². The molecule has 0 aliphatic carbocycles. The SMILES string of the molecule is CCN(CC)CCc1nc(O)c(C(C)C)c(=O)[nH]1. The number of rotatable bonds is 6. The molecular weight excluding hydrogens is 230 g/mol. The number of hydrogen-bond acceptors (Lipinski definition) is 4. The predicted molar refractivity (Wildman–Crippen MR) is 72.1 cm³/mol. The molecule has 0 bridgehead atoms. The van der Waals surface area contributed by atoms with Crippen LogP contribution < -0.4 is 5.56 Å². The van der Waals surface area contributed by atoms with Gasteiger partial charge in [-0.3, -0.25) is 4.79 Å². The molecule has 0 aliphatic rings. The van der Waals surface area contributed by atoms with E-state index in [2.05, 4.69) is 28.7 Å². The summed E-state index contributed by atoms with van der Waals surface area (Å²) in [4.78, 5) is 20.9. The van der Waals surface area contributed by atoms with Crippen molar-refractivity contribution < 1.29 is 5.11 Å². The van der Waals surface area contributed by atoms with Crippen molar-refractivity contribution in [1.82, 2.24) is 14.9 Å². The van der Waals surface area contributed by atoms with Crippen molar-refractivity contribution in [3.63, 3.8) is 0 Å². The Kier molecular flexibility index (Phi) is 5.34. The molecule has 5 nitrogen and oxygen atoms in total. The second-order valence-corrected chi connectivity index (χ2v) is 4.68. The highest BCUT2D eigenvalue weighted by Crippen LogP contribution is 2.18. The molecule has 0 aromatic carbocycles. The monoisotopic (exact) mass is 253 g/mol. The lowest BCUT2D eigenvalue weighted by Gasteiger charge is -2.17. The fourth-order valence-corrected chi connectivity index (χ4v) is 1.96. The largest absolute Gasteiger partial charge is 0.493 e. The molecule has 18 heavy (non-hydrogen) atoms. The second-order valence-electron chi connectivity index (χ2n) is 4.68. The van der Waals surface area contributed by atoms with E-state index in [0.717, 1.165) is 19.6 Å². The van der Waals surface area contributed by atoms with Crippen molar-refractivity contribution >= 4 is 0 Å². The van der Waals surface area contributed by atoms with Gasteiger partial charge in [0.25, 0.3) is 5.56 Å². The standard InChI is InChI=1S/C13H23N3O2/c1-5-16(6-2)8-7-10-14-12(17)11(9(3)4)13(18)15-10/h9H,5-8H2,1-4H3,(H2,14,15,17,18). The minimum Gasteiger partial charge on any atom is -0.493 e. The molecule has 0 amide bonds. The Hall–Kier alpha value is -1.36. The van der Waals surface area contributed by atoms with E-state index in [-0.39, 0.29) is 17.4 Å². The Morgan fingerprint density at radius 1 is 1.33 bits per heavy atom. The van der Waals surface area contributed by atoms with Gasteiger partial charge in [0.2, 0.25) is 5.88 Å². The van der Waals surface area contributed by atoms with Gasteiger partial charge in [0.05, 0.1) is 5.56 Å². The van der Waals surface area contributed by atoms with Crippen molar-refractivity contribution in [2.75, 3.05) is 19.6 Å². The molecular formula is C13H23N3O2. The normalized spacial score (nSPS) is 11.4. The zero-order valence-electron chi connectivity index (χ0n) is 11.7. The summed E-state index contributed by atoms with van der Waals surface area (Å²) in [5.74, 6) is 0.384. The van der Waals surface area contributed by atoms with Gasteiger partial charge in [0, 0.05) is 13.0 Å². The summed E-state index contributed by atoms with van der Waals surface area (Å²) in [7, 11) is 0. The van der Waals surface area contributed by atoms with Gasteiger partial charge in [-0.15, -0.1) is 0 Å². The van der Waals surface area contributed by atoms with Crippen LogP contribution in [0.4, 0.5) is 0 Å². The van der Waals surface area contributed by atoms with E-state index in [1.807, 2.05) is 13.8 Å². The molecule has 1 rings (SSSR count). The number of nitrogens with zero attached hydrogens (tertiary/aromatic N) is 2. The number of hydrogen-bond donors (Lipinski definition) is 2. The van der Waals surface area contributed by atoms with Crippen LogP contribution in [0.5, 0.6) is 5.88 Å². The Morgan fingerprint density at radius 2 is 1.94 bits per heavy atom. The zero-order valence-corrected chi connectivity index (χ0v) is 11.7. The summed E-state index contributed by atoms with van der Waals surface area (Å²) in [5.41, 5.74) is 0.133. The highest BCUT2D eigenvalue weighted by Gasteiger charge is 2.14. The third-order valence-electron chi connectivity index (χ3n) is 3.12. The number of aromatic hydroxyl groups is 1. The molecule has 0 aliphatic heterocycles. The third-order valence-corrected chi connectivity index (χ3v) is 3.12. The predicted octanol–water partition coefficient (Wildman–Crippen LogP) is 1.48. The van der Waals surface area contributed by atoms with Gasteiger partial charge in [-0.1, -0.05) is 27.7 Å². The molecule has 102 valence electrons. The van der Waals surface area contributed by atoms with Crippen molar-refractivity contribution in [2.45, 2.75) is 40.0 Å². The Labute approximate surface area is 108 Å². The first kappa shape index (κ1) is 14.7. The maximum Gasteiger partial charge on any atom is 0.258 e. The van der Waals surface area contributed by atoms with Crippen LogP contribution in [0.15, 0.2) is 4.79 Å². The maximum absolute atomic E-state index is 11.8. The van der Waals surface area contributed by atoms with Gasteiger partial charge in [-0.2, -0.15) is 0 Å². The number of nitrogens with one attached hydrogen (secondary N) is 1. The zero-order chi connectivity index (χ0) is 13.7. The molecule has 0 fully saturated rings. The molecule has 1 heterocycles. The molecule has 0 saturated heterocycles. The summed E-state index contributed by atoms with van der Waals surface area (Å²) in [6, 6.07) is 0. The minimum atomic E-state index is -0.230. The van der Waals surface area contributed by atoms with Gasteiger partial charge < -0.3 is 15.0 Å². The van der Waals surface area contributed by atoms with E-state index in [1.165, 1.54) is 0 Å². The van der Waals surface area contributed by atoms with Gasteiger partial charge in [0.1, 0.15) is 5.82 Å². The molecule has 1 aromatic rings. The number of aromatic nitrogens is 2. The third kappa shape index (κ3) is 3.57. The molecule has 0 radical (unpaired) electrons. The lowest BCUT2D eigenvalue weighted by molar-refractivity contribution is 0.305. The van der Waals surface area contributed by atoms with E-state index < -0.39 is 0 Å². The van der Waals surface area contributed by atoms with Crippen molar-refractivity contribution in [2.24, 2.45) is 0 Å². The van der Waals surface area contributed by atoms with Gasteiger partial charge >= 0.3 is 0 Å². The first-order valence-electron chi connectivity index (χ1n) is 6.53. The van der Waals surface area contributed by atoms with Crippen molar-refractivity contribution in [1.29, 1.82) is 0 Å². The number of aromatic amines is 1. The van der Waals surface area contributed by atoms with E-state index in [4.69, 9.17) is 0 Å². The second kappa shape index (κ2) is 6.54. The van der Waals surface area contributed by atoms with E-state index >= 15 is 0 Å². The average molecular weight is 253 g/mol. The quantitative estimate of drug-likeness (QED) is 0.805. The van der Waals surface area contributed by atoms with Crippen LogP contribution in [0.2, 0.25) is 0 Å². The first-order valence-corrected chi connectivity index (χ1v) is 6.53. The number of H-pyrrole nitrogens is 1. The number of likely N-dealkylation sites (N-methyl/N-ethyl adjacent to an activating group) is 1. The molecule has 0 atom stereocenters. The lowest BCUT2D eigenvalue weighted by Crippen LogP contribution is -2.27. The van der Waals surface area contributed by atoms with Crippen LogP contribution in [0.3, 0.4) is 0 Å². The smallest absolute Gasteiger partial charge is 0.258 e. The average Bonchev–Trinajstić information content (AvgIpc) is 2.28. The Bertz CT molecular complexity index is 436. The van der Waals surface area contributed by atoms with Crippen LogP contribution in [-0.4, -0.2) is 39.6 Å². The first-order chi connectivity index (χ1) is 8.49. The fourth-order valence-electron chi connectivity index (χ4n) is 1.96. The summed E-state index contributed by atoms with van der Waals surface area (Å²) in [5, 5.41) is 9.78. The topological polar surface area (TPSA) is 69.2 Å². The lowest BCUT2D eigenvalue weighted by atomic mass is 10.1. The van der Waals surface area contributed by atoms with Crippen LogP contribution in [0.1, 0.15) is 45.0 Å². The van der Waals surface area contributed by atoms with E-state index in [9.17, 15) is 9.90 Å². The molecule has 0 saturated carbocycles. The molecule has 5 heteroatoms. The van der Waals surface area contributed by atoms with Crippen LogP contribution in [0, 0.1) is 0 Å². The highest BCUT2D eigenvalue weighted by atomic mass is 16.3. The van der Waals surface area contributed by atoms with Crippen LogP contribution in [-0.2, 0) is 6.42 Å². The molecule has 2 N–H and O–H groups in total. The molecule has 1 aromatic heterocycles. The van der Waals surface area contributed by atoms with E-state index in [1.54, 1.807) is 0 Å². The van der Waals surface area contributed by atoms with E-state index in [0.29, 0.717) is 17.8 Å². The van der Waals surface area contributed by atoms with Gasteiger partial charge in [-0.25, -0.2) is 4.98 Å². The van der Waals surface area contributed by atoms with Crippen molar-refractivity contribution in [3.8, 4) is 5.88 Å². The Morgan fingerprint density at radius 3 is 2.39 bits per heavy atom. The molecule has 0 spiro atoms. The summed E-state index contributed by atoms with van der Waals surface area (Å²) >= 11 is 0. The molecule has 0 unspecified atom stereocenters. The summed E-state index contributed by atoms with van der Waals surface area (Å²) in [6.45, 7) is 10.7. The summed E-state index contributed by atoms with van der Waals surface area (Å²) < 4.78 is 0. The van der Waals surface area contributed by atoms with Crippen LogP contribution >= 0.6 is 0 Å². The van der Waals surface area contributed by atoms with Crippen molar-refractivity contribution in [3.05, 3.63) is 21.7 Å². The van der Waals surface area contributed by atoms with Crippen LogP contribution in [0.25, 0.3) is 0 Å². The van der Waals surface area contributed by atoms with Gasteiger partial charge in [-0.05, 0) is 19.0 Å². The maximum atomic E-state index is 11.8. The highest BCUT2D eigenvalue weighted by molar-refractivity contribution is 5.25. The minimum absolute atomic E-state index is 0.0296. The fraction of sp³-hybridized carbons (Fsp3) is 0.692. The Balaban J connectivity index is 2.84. The summed E-state index contributed by atoms with van der Waals surface area (Å²) in [6.07, 6.45) is 0.642.